The van der Waals surface area contributed by atoms with Gasteiger partial charge in [0, 0.05) is 42.2 Å². The van der Waals surface area contributed by atoms with Crippen molar-refractivity contribution in [1.29, 1.82) is 0 Å². The van der Waals surface area contributed by atoms with E-state index < -0.39 is 0 Å². The molecule has 1 aliphatic carbocycles. The zero-order valence-corrected chi connectivity index (χ0v) is 17.5. The summed E-state index contributed by atoms with van der Waals surface area (Å²) in [7, 11) is 0. The second-order valence-corrected chi connectivity index (χ2v) is 8.82. The van der Waals surface area contributed by atoms with Gasteiger partial charge in [0.05, 0.1) is 0 Å². The van der Waals surface area contributed by atoms with Gasteiger partial charge in [-0.05, 0) is 63.1 Å². The summed E-state index contributed by atoms with van der Waals surface area (Å²) < 4.78 is 0. The number of aryl methyl sites for hydroxylation is 1. The molecule has 0 spiro atoms. The number of rotatable bonds is 7. The molecule has 1 amide bonds. The van der Waals surface area contributed by atoms with Crippen LogP contribution in [0.2, 0.25) is 0 Å². The maximum absolute atomic E-state index is 12.2. The van der Waals surface area contributed by atoms with Gasteiger partial charge < -0.3 is 10.2 Å². The van der Waals surface area contributed by atoms with Crippen molar-refractivity contribution in [1.82, 2.24) is 15.3 Å². The van der Waals surface area contributed by atoms with Crippen molar-refractivity contribution in [2.24, 2.45) is 5.92 Å². The summed E-state index contributed by atoms with van der Waals surface area (Å²) in [6.07, 6.45) is 4.98. The van der Waals surface area contributed by atoms with E-state index >= 15 is 0 Å². The minimum Gasteiger partial charge on any atom is -0.356 e. The molecular formula is C22H28N4OS. The van der Waals surface area contributed by atoms with Gasteiger partial charge >= 0.3 is 0 Å². The van der Waals surface area contributed by atoms with Crippen molar-refractivity contribution in [2.45, 2.75) is 50.4 Å². The van der Waals surface area contributed by atoms with Crippen LogP contribution in [0.15, 0.2) is 29.4 Å². The zero-order chi connectivity index (χ0) is 19.5. The number of nitrogens with zero attached hydrogens (tertiary/aromatic N) is 3. The zero-order valence-electron chi connectivity index (χ0n) is 16.7. The number of nitrogens with one attached hydrogen (secondary N) is 1. The van der Waals surface area contributed by atoms with Crippen LogP contribution in [0.3, 0.4) is 0 Å². The smallest absolute Gasteiger partial charge is 0.251 e. The second kappa shape index (κ2) is 8.52. The van der Waals surface area contributed by atoms with Crippen LogP contribution >= 0.6 is 11.8 Å². The molecule has 0 radical (unpaired) electrons. The standard InChI is InChI=1S/C22H28N4OS/c1-15-16(2)24-22(25-20(15)26-11-3-4-12-26)28-14-18-7-9-19(10-8-18)21(27)23-13-17-5-6-17/h7-10,17H,3-6,11-14H2,1-2H3,(H,23,27). The average molecular weight is 397 g/mol. The third-order valence-corrected chi connectivity index (χ3v) is 6.50. The molecule has 1 saturated heterocycles. The summed E-state index contributed by atoms with van der Waals surface area (Å²) in [5, 5.41) is 3.84. The fraction of sp³-hybridized carbons (Fsp3) is 0.500. The normalized spacial score (nSPS) is 16.4. The highest BCUT2D eigenvalue weighted by Gasteiger charge is 2.22. The molecular weight excluding hydrogens is 368 g/mol. The number of carbonyl (C=O) groups is 1. The topological polar surface area (TPSA) is 58.1 Å². The summed E-state index contributed by atoms with van der Waals surface area (Å²) in [5.74, 6) is 2.61. The fourth-order valence-electron chi connectivity index (χ4n) is 3.45. The highest BCUT2D eigenvalue weighted by molar-refractivity contribution is 7.98. The Balaban J connectivity index is 1.37. The van der Waals surface area contributed by atoms with Gasteiger partial charge in [-0.2, -0.15) is 0 Å². The average Bonchev–Trinajstić information content (AvgIpc) is 3.38. The van der Waals surface area contributed by atoms with E-state index in [0.717, 1.165) is 47.6 Å². The van der Waals surface area contributed by atoms with E-state index in [4.69, 9.17) is 4.98 Å². The van der Waals surface area contributed by atoms with Crippen molar-refractivity contribution in [3.05, 3.63) is 46.6 Å². The number of hydrogen-bond donors (Lipinski definition) is 1. The first-order valence-electron chi connectivity index (χ1n) is 10.2. The third-order valence-electron chi connectivity index (χ3n) is 5.58. The Hall–Kier alpha value is -2.08. The molecule has 2 aliphatic rings. The Morgan fingerprint density at radius 3 is 2.54 bits per heavy atom. The van der Waals surface area contributed by atoms with Crippen LogP contribution in [-0.4, -0.2) is 35.5 Å². The SMILES string of the molecule is Cc1nc(SCc2ccc(C(=O)NCC3CC3)cc2)nc(N2CCCC2)c1C. The Bertz CT molecular complexity index is 842. The van der Waals surface area contributed by atoms with Crippen LogP contribution in [0, 0.1) is 19.8 Å². The number of hydrogen-bond acceptors (Lipinski definition) is 5. The molecule has 2 aromatic rings. The van der Waals surface area contributed by atoms with E-state index in [2.05, 4.69) is 29.0 Å². The molecule has 1 aromatic heterocycles. The van der Waals surface area contributed by atoms with Crippen molar-refractivity contribution in [2.75, 3.05) is 24.5 Å². The summed E-state index contributed by atoms with van der Waals surface area (Å²) in [6, 6.07) is 7.88. The number of carbonyl (C=O) groups excluding carboxylic acids is 1. The molecule has 148 valence electrons. The molecule has 4 rings (SSSR count). The maximum atomic E-state index is 12.2. The number of thioether (sulfide) groups is 1. The minimum atomic E-state index is 0.0267. The van der Waals surface area contributed by atoms with Gasteiger partial charge in [0.15, 0.2) is 5.16 Å². The van der Waals surface area contributed by atoms with E-state index in [1.807, 2.05) is 24.3 Å². The monoisotopic (exact) mass is 396 g/mol. The molecule has 6 heteroatoms. The van der Waals surface area contributed by atoms with Crippen LogP contribution in [0.4, 0.5) is 5.82 Å². The van der Waals surface area contributed by atoms with Crippen LogP contribution in [0.1, 0.15) is 52.9 Å². The van der Waals surface area contributed by atoms with Gasteiger partial charge in [-0.3, -0.25) is 4.79 Å². The first-order valence-corrected chi connectivity index (χ1v) is 11.2. The molecule has 1 aromatic carbocycles. The molecule has 0 bridgehead atoms. The first kappa shape index (κ1) is 19.2. The molecule has 1 N–H and O–H groups in total. The molecule has 1 aliphatic heterocycles. The number of aromatic nitrogens is 2. The molecule has 0 atom stereocenters. The lowest BCUT2D eigenvalue weighted by Gasteiger charge is -2.20. The molecule has 1 saturated carbocycles. The van der Waals surface area contributed by atoms with Crippen molar-refractivity contribution >= 4 is 23.5 Å². The third kappa shape index (κ3) is 4.66. The largest absolute Gasteiger partial charge is 0.356 e. The highest BCUT2D eigenvalue weighted by Crippen LogP contribution is 2.29. The van der Waals surface area contributed by atoms with Crippen LogP contribution < -0.4 is 10.2 Å². The Morgan fingerprint density at radius 2 is 1.86 bits per heavy atom. The van der Waals surface area contributed by atoms with Gasteiger partial charge in [-0.15, -0.1) is 0 Å². The van der Waals surface area contributed by atoms with Crippen molar-refractivity contribution < 1.29 is 4.79 Å². The lowest BCUT2D eigenvalue weighted by Crippen LogP contribution is -2.25. The summed E-state index contributed by atoms with van der Waals surface area (Å²) in [6.45, 7) is 7.16. The van der Waals surface area contributed by atoms with Gasteiger partial charge in [0.2, 0.25) is 0 Å². The summed E-state index contributed by atoms with van der Waals surface area (Å²) in [5.41, 5.74) is 4.15. The van der Waals surface area contributed by atoms with Crippen LogP contribution in [0.25, 0.3) is 0 Å². The summed E-state index contributed by atoms with van der Waals surface area (Å²) in [4.78, 5) is 24.0. The Morgan fingerprint density at radius 1 is 1.14 bits per heavy atom. The fourth-order valence-corrected chi connectivity index (χ4v) is 4.29. The molecule has 28 heavy (non-hydrogen) atoms. The van der Waals surface area contributed by atoms with Crippen molar-refractivity contribution in [3.8, 4) is 0 Å². The van der Waals surface area contributed by atoms with Gasteiger partial charge in [-0.1, -0.05) is 23.9 Å². The molecule has 2 heterocycles. The quantitative estimate of drug-likeness (QED) is 0.563. The lowest BCUT2D eigenvalue weighted by atomic mass is 10.1. The van der Waals surface area contributed by atoms with Gasteiger partial charge in [0.1, 0.15) is 5.82 Å². The van der Waals surface area contributed by atoms with E-state index in [1.54, 1.807) is 11.8 Å². The van der Waals surface area contributed by atoms with E-state index in [9.17, 15) is 4.79 Å². The minimum absolute atomic E-state index is 0.0267. The van der Waals surface area contributed by atoms with Gasteiger partial charge in [-0.25, -0.2) is 9.97 Å². The van der Waals surface area contributed by atoms with Crippen molar-refractivity contribution in [3.63, 3.8) is 0 Å². The molecule has 2 fully saturated rings. The predicted octanol–water partition coefficient (Wildman–Crippen LogP) is 4.13. The van der Waals surface area contributed by atoms with Gasteiger partial charge in [0.25, 0.3) is 5.91 Å². The number of amides is 1. The number of anilines is 1. The predicted molar refractivity (Wildman–Crippen MR) is 114 cm³/mol. The first-order chi connectivity index (χ1) is 13.6. The number of benzene rings is 1. The lowest BCUT2D eigenvalue weighted by molar-refractivity contribution is 0.0952. The highest BCUT2D eigenvalue weighted by atomic mass is 32.2. The van der Waals surface area contributed by atoms with Crippen LogP contribution in [0.5, 0.6) is 0 Å². The van der Waals surface area contributed by atoms with Crippen LogP contribution in [-0.2, 0) is 5.75 Å². The maximum Gasteiger partial charge on any atom is 0.251 e. The Kier molecular flexibility index (Phi) is 5.85. The van der Waals surface area contributed by atoms with E-state index in [-0.39, 0.29) is 5.91 Å². The second-order valence-electron chi connectivity index (χ2n) is 7.87. The molecule has 5 nitrogen and oxygen atoms in total. The molecule has 0 unspecified atom stereocenters. The van der Waals surface area contributed by atoms with E-state index in [0.29, 0.717) is 5.92 Å². The summed E-state index contributed by atoms with van der Waals surface area (Å²) >= 11 is 1.66. The van der Waals surface area contributed by atoms with E-state index in [1.165, 1.54) is 36.8 Å². The Labute approximate surface area is 171 Å².